The van der Waals surface area contributed by atoms with Crippen LogP contribution in [0.3, 0.4) is 0 Å². The van der Waals surface area contributed by atoms with E-state index < -0.39 is 0 Å². The zero-order valence-electron chi connectivity index (χ0n) is 20.9. The van der Waals surface area contributed by atoms with Crippen molar-refractivity contribution in [1.82, 2.24) is 30.0 Å². The fourth-order valence-corrected chi connectivity index (χ4v) is 4.03. The normalized spacial score (nSPS) is 16.2. The molecule has 1 aliphatic rings. The maximum Gasteiger partial charge on any atom is 0.154 e. The molecule has 4 heterocycles. The van der Waals surface area contributed by atoms with Crippen LogP contribution in [0.2, 0.25) is 0 Å². The third-order valence-electron chi connectivity index (χ3n) is 6.34. The molecule has 0 amide bonds. The van der Waals surface area contributed by atoms with Crippen LogP contribution in [0.25, 0.3) is 11.0 Å². The first-order valence-electron chi connectivity index (χ1n) is 12.3. The fraction of sp³-hybridized carbons (Fsp3) is 0.462. The number of aromatic nitrogens is 4. The molecule has 2 N–H and O–H groups in total. The predicted octanol–water partition coefficient (Wildman–Crippen LogP) is 3.73. The Morgan fingerprint density at radius 3 is 2.66 bits per heavy atom. The first kappa shape index (κ1) is 24.8. The van der Waals surface area contributed by atoms with E-state index in [0.717, 1.165) is 67.8 Å². The molecule has 9 heteroatoms. The molecule has 1 aliphatic heterocycles. The van der Waals surface area contributed by atoms with E-state index in [-0.39, 0.29) is 5.92 Å². The SMILES string of the molecule is CC(C)c1cnnc(Nc2ccc3ncc(C(C=N)C=NCCCN4CCN(C)CC4)cc3n2)c1. The average Bonchev–Trinajstić information content (AvgIpc) is 2.87. The second kappa shape index (κ2) is 11.9. The first-order valence-corrected chi connectivity index (χ1v) is 12.3. The molecule has 0 spiro atoms. The van der Waals surface area contributed by atoms with Gasteiger partial charge in [-0.05, 0) is 61.3 Å². The van der Waals surface area contributed by atoms with Crippen molar-refractivity contribution < 1.29 is 0 Å². The van der Waals surface area contributed by atoms with Crippen molar-refractivity contribution in [2.75, 3.05) is 51.6 Å². The number of piperazine rings is 1. The number of rotatable bonds is 10. The Bertz CT molecular complexity index is 1150. The molecule has 1 unspecified atom stereocenters. The van der Waals surface area contributed by atoms with E-state index in [2.05, 4.69) is 56.2 Å². The molecule has 0 aliphatic carbocycles. The minimum absolute atomic E-state index is 0.220. The number of hydrogen-bond donors (Lipinski definition) is 2. The van der Waals surface area contributed by atoms with Gasteiger partial charge in [0.25, 0.3) is 0 Å². The summed E-state index contributed by atoms with van der Waals surface area (Å²) in [6.45, 7) is 10.6. The maximum absolute atomic E-state index is 7.91. The second-order valence-corrected chi connectivity index (χ2v) is 9.40. The summed E-state index contributed by atoms with van der Waals surface area (Å²) in [6, 6.07) is 7.79. The number of likely N-dealkylation sites (N-methyl/N-ethyl adjacent to an activating group) is 1. The molecule has 4 rings (SSSR count). The van der Waals surface area contributed by atoms with E-state index in [1.54, 1.807) is 12.4 Å². The Balaban J connectivity index is 1.39. The molecule has 1 fully saturated rings. The number of fused-ring (bicyclic) bond motifs is 1. The third-order valence-corrected chi connectivity index (χ3v) is 6.34. The van der Waals surface area contributed by atoms with Gasteiger partial charge in [-0.15, -0.1) is 5.10 Å². The van der Waals surface area contributed by atoms with Crippen LogP contribution in [-0.4, -0.2) is 88.7 Å². The minimum atomic E-state index is -0.220. The van der Waals surface area contributed by atoms with Gasteiger partial charge in [0, 0.05) is 51.3 Å². The van der Waals surface area contributed by atoms with Gasteiger partial charge in [0.15, 0.2) is 5.82 Å². The van der Waals surface area contributed by atoms with Crippen molar-refractivity contribution in [2.24, 2.45) is 4.99 Å². The van der Waals surface area contributed by atoms with Crippen LogP contribution < -0.4 is 5.32 Å². The quantitative estimate of drug-likeness (QED) is 0.341. The summed E-state index contributed by atoms with van der Waals surface area (Å²) in [6.07, 6.45) is 7.88. The van der Waals surface area contributed by atoms with Crippen molar-refractivity contribution in [3.05, 3.63) is 47.8 Å². The zero-order chi connectivity index (χ0) is 24.6. The fourth-order valence-electron chi connectivity index (χ4n) is 4.03. The van der Waals surface area contributed by atoms with Gasteiger partial charge in [-0.3, -0.25) is 9.98 Å². The van der Waals surface area contributed by atoms with Gasteiger partial charge in [-0.2, -0.15) is 5.10 Å². The topological polar surface area (TPSA) is 106 Å². The number of nitrogens with zero attached hydrogens (tertiary/aromatic N) is 7. The average molecular weight is 474 g/mol. The molecule has 1 saturated heterocycles. The summed E-state index contributed by atoms with van der Waals surface area (Å²) in [5.74, 6) is 1.49. The highest BCUT2D eigenvalue weighted by molar-refractivity contribution is 5.90. The van der Waals surface area contributed by atoms with Crippen LogP contribution in [0.1, 0.15) is 43.2 Å². The lowest BCUT2D eigenvalue weighted by Gasteiger charge is -2.32. The van der Waals surface area contributed by atoms with E-state index in [0.29, 0.717) is 17.6 Å². The van der Waals surface area contributed by atoms with Gasteiger partial charge in [0.2, 0.25) is 0 Å². The van der Waals surface area contributed by atoms with Gasteiger partial charge in [-0.1, -0.05) is 13.8 Å². The number of hydrogen-bond acceptors (Lipinski definition) is 9. The molecule has 1 atom stereocenters. The maximum atomic E-state index is 7.91. The third kappa shape index (κ3) is 6.86. The molecule has 35 heavy (non-hydrogen) atoms. The molecule has 0 saturated carbocycles. The summed E-state index contributed by atoms with van der Waals surface area (Å²) >= 11 is 0. The Morgan fingerprint density at radius 2 is 1.89 bits per heavy atom. The largest absolute Gasteiger partial charge is 0.323 e. The van der Waals surface area contributed by atoms with Gasteiger partial charge >= 0.3 is 0 Å². The standard InChI is InChI=1S/C26H35N9/c1-19(2)20-14-26(33-30-18-20)32-25-6-5-23-24(31-25)13-21(17-29-23)22(15-27)16-28-7-4-8-35-11-9-34(3)10-12-35/h5-6,13-19,22,27H,4,7-12H2,1-3H3,(H,31,32,33). The molecule has 9 nitrogen and oxygen atoms in total. The Hall–Kier alpha value is -3.30. The number of pyridine rings is 2. The molecule has 184 valence electrons. The minimum Gasteiger partial charge on any atom is -0.323 e. The van der Waals surface area contributed by atoms with Crippen LogP contribution >= 0.6 is 0 Å². The van der Waals surface area contributed by atoms with Crippen LogP contribution in [-0.2, 0) is 0 Å². The number of aliphatic imine (C=N–C) groups is 1. The molecule has 0 bridgehead atoms. The monoisotopic (exact) mass is 473 g/mol. The van der Waals surface area contributed by atoms with Crippen LogP contribution in [0.15, 0.2) is 41.7 Å². The summed E-state index contributed by atoms with van der Waals surface area (Å²) in [7, 11) is 2.17. The van der Waals surface area contributed by atoms with Crippen LogP contribution in [0.4, 0.5) is 11.6 Å². The summed E-state index contributed by atoms with van der Waals surface area (Å²) in [5.41, 5.74) is 3.58. The van der Waals surface area contributed by atoms with Crippen LogP contribution in [0, 0.1) is 5.41 Å². The lowest BCUT2D eigenvalue weighted by Crippen LogP contribution is -2.44. The van der Waals surface area contributed by atoms with Crippen molar-refractivity contribution in [1.29, 1.82) is 5.41 Å². The van der Waals surface area contributed by atoms with Crippen molar-refractivity contribution in [3.8, 4) is 0 Å². The van der Waals surface area contributed by atoms with Crippen LogP contribution in [0.5, 0.6) is 0 Å². The Labute approximate surface area is 207 Å². The predicted molar refractivity (Wildman–Crippen MR) is 142 cm³/mol. The number of anilines is 2. The molecule has 0 aromatic carbocycles. The highest BCUT2D eigenvalue weighted by Crippen LogP contribution is 2.21. The van der Waals surface area contributed by atoms with E-state index in [4.69, 9.17) is 10.4 Å². The Kier molecular flexibility index (Phi) is 8.44. The van der Waals surface area contributed by atoms with E-state index in [9.17, 15) is 0 Å². The second-order valence-electron chi connectivity index (χ2n) is 9.40. The van der Waals surface area contributed by atoms with Crippen molar-refractivity contribution >= 4 is 35.1 Å². The van der Waals surface area contributed by atoms with Crippen molar-refractivity contribution in [2.45, 2.75) is 32.1 Å². The lowest BCUT2D eigenvalue weighted by atomic mass is 10.0. The first-order chi connectivity index (χ1) is 17.0. The van der Waals surface area contributed by atoms with E-state index >= 15 is 0 Å². The zero-order valence-corrected chi connectivity index (χ0v) is 20.9. The van der Waals surface area contributed by atoms with E-state index in [1.807, 2.05) is 30.5 Å². The molecule has 0 radical (unpaired) electrons. The highest BCUT2D eigenvalue weighted by atomic mass is 15.2. The van der Waals surface area contributed by atoms with Gasteiger partial charge in [0.1, 0.15) is 5.82 Å². The molecular formula is C26H35N9. The Morgan fingerprint density at radius 1 is 1.06 bits per heavy atom. The lowest BCUT2D eigenvalue weighted by molar-refractivity contribution is 0.153. The smallest absolute Gasteiger partial charge is 0.154 e. The summed E-state index contributed by atoms with van der Waals surface area (Å²) in [4.78, 5) is 18.7. The molecule has 3 aromatic rings. The van der Waals surface area contributed by atoms with Crippen molar-refractivity contribution in [3.63, 3.8) is 0 Å². The molecular weight excluding hydrogens is 438 g/mol. The highest BCUT2D eigenvalue weighted by Gasteiger charge is 2.13. The van der Waals surface area contributed by atoms with Gasteiger partial charge in [0.05, 0.1) is 23.1 Å². The van der Waals surface area contributed by atoms with E-state index in [1.165, 1.54) is 6.21 Å². The van der Waals surface area contributed by atoms with Gasteiger partial charge in [-0.25, -0.2) is 4.98 Å². The molecule has 3 aromatic heterocycles. The van der Waals surface area contributed by atoms with Gasteiger partial charge < -0.3 is 20.5 Å². The number of nitrogens with one attached hydrogen (secondary N) is 2. The summed E-state index contributed by atoms with van der Waals surface area (Å²) in [5, 5.41) is 19.4. The summed E-state index contributed by atoms with van der Waals surface area (Å²) < 4.78 is 0.